The summed E-state index contributed by atoms with van der Waals surface area (Å²) in [6.45, 7) is 5.64. The molecule has 0 aromatic heterocycles. The van der Waals surface area contributed by atoms with Gasteiger partial charge in [-0.25, -0.2) is 4.39 Å². The van der Waals surface area contributed by atoms with Gasteiger partial charge in [-0.15, -0.1) is 0 Å². The zero-order valence-corrected chi connectivity index (χ0v) is 10.3. The Bertz CT molecular complexity index is 414. The lowest BCUT2D eigenvalue weighted by Crippen LogP contribution is -1.92. The van der Waals surface area contributed by atoms with E-state index >= 15 is 0 Å². The van der Waals surface area contributed by atoms with Crippen molar-refractivity contribution in [3.63, 3.8) is 0 Å². The number of hydrogen-bond acceptors (Lipinski definition) is 0. The molecule has 90 valence electrons. The van der Waals surface area contributed by atoms with Gasteiger partial charge in [0, 0.05) is 0 Å². The molecule has 0 amide bonds. The third-order valence-corrected chi connectivity index (χ3v) is 2.48. The van der Waals surface area contributed by atoms with Gasteiger partial charge in [0.15, 0.2) is 0 Å². The predicted octanol–water partition coefficient (Wildman–Crippen LogP) is 4.62. The van der Waals surface area contributed by atoms with Crippen molar-refractivity contribution in [1.82, 2.24) is 0 Å². The Morgan fingerprint density at radius 1 is 1.24 bits per heavy atom. The van der Waals surface area contributed by atoms with Crippen LogP contribution in [0.1, 0.15) is 24.5 Å². The maximum Gasteiger partial charge on any atom is 0.126 e. The van der Waals surface area contributed by atoms with Crippen molar-refractivity contribution in [2.45, 2.75) is 26.2 Å². The van der Waals surface area contributed by atoms with Crippen LogP contribution < -0.4 is 0 Å². The summed E-state index contributed by atoms with van der Waals surface area (Å²) in [5.41, 5.74) is 1.82. The van der Waals surface area contributed by atoms with Crippen molar-refractivity contribution in [1.29, 1.82) is 0 Å². The molecule has 0 aliphatic rings. The summed E-state index contributed by atoms with van der Waals surface area (Å²) in [5, 5.41) is 0. The average Bonchev–Trinajstić information content (AvgIpc) is 2.32. The van der Waals surface area contributed by atoms with E-state index in [1.54, 1.807) is 12.1 Å². The highest BCUT2D eigenvalue weighted by Crippen LogP contribution is 2.13. The summed E-state index contributed by atoms with van der Waals surface area (Å²) in [5.74, 6) is -0.0839. The smallest absolute Gasteiger partial charge is 0.126 e. The summed E-state index contributed by atoms with van der Waals surface area (Å²) in [7, 11) is 0. The van der Waals surface area contributed by atoms with Crippen LogP contribution in [0.4, 0.5) is 4.39 Å². The van der Waals surface area contributed by atoms with Crippen LogP contribution in [0.15, 0.2) is 55.2 Å². The third kappa shape index (κ3) is 4.81. The Labute approximate surface area is 103 Å². The summed E-state index contributed by atoms with van der Waals surface area (Å²) in [6, 6.07) is 5.52. The summed E-state index contributed by atoms with van der Waals surface area (Å²) < 4.78 is 13.6. The van der Waals surface area contributed by atoms with E-state index in [1.165, 1.54) is 0 Å². The van der Waals surface area contributed by atoms with E-state index in [1.807, 2.05) is 36.4 Å². The molecule has 0 bridgehead atoms. The van der Waals surface area contributed by atoms with E-state index in [4.69, 9.17) is 0 Å². The van der Waals surface area contributed by atoms with Gasteiger partial charge < -0.3 is 0 Å². The average molecular weight is 230 g/mol. The molecule has 0 heterocycles. The van der Waals surface area contributed by atoms with Gasteiger partial charge in [-0.3, -0.25) is 0 Å². The first-order valence-corrected chi connectivity index (χ1v) is 5.99. The zero-order chi connectivity index (χ0) is 12.5. The molecule has 1 aromatic rings. The molecule has 0 unspecified atom stereocenters. The van der Waals surface area contributed by atoms with Gasteiger partial charge in [-0.2, -0.15) is 0 Å². The van der Waals surface area contributed by atoms with E-state index in [2.05, 4.69) is 13.5 Å². The van der Waals surface area contributed by atoms with Gasteiger partial charge in [-0.1, -0.05) is 62.4 Å². The molecule has 0 N–H and O–H groups in total. The first kappa shape index (κ1) is 13.4. The number of rotatable bonds is 6. The molecule has 0 fully saturated rings. The lowest BCUT2D eigenvalue weighted by Gasteiger charge is -2.03. The maximum absolute atomic E-state index is 13.6. The quantitative estimate of drug-likeness (QED) is 0.625. The van der Waals surface area contributed by atoms with Crippen LogP contribution >= 0.6 is 0 Å². The lowest BCUT2D eigenvalue weighted by atomic mass is 10.0. The number of aryl methyl sites for hydroxylation is 1. The third-order valence-electron chi connectivity index (χ3n) is 2.48. The zero-order valence-electron chi connectivity index (χ0n) is 10.3. The normalized spacial score (nSPS) is 11.4. The Morgan fingerprint density at radius 2 is 2.06 bits per heavy atom. The maximum atomic E-state index is 13.6. The molecule has 1 rings (SSSR count). The number of allylic oxidation sites excluding steroid dienone is 5. The van der Waals surface area contributed by atoms with Crippen LogP contribution in [-0.2, 0) is 12.8 Å². The fourth-order valence-corrected chi connectivity index (χ4v) is 1.62. The molecular weight excluding hydrogens is 211 g/mol. The fraction of sp³-hybridized carbons (Fsp3) is 0.250. The highest BCUT2D eigenvalue weighted by molar-refractivity contribution is 5.26. The summed E-state index contributed by atoms with van der Waals surface area (Å²) in [6.07, 6.45) is 12.0. The molecule has 0 saturated heterocycles. The Kier molecular flexibility index (Phi) is 6.02. The second-order valence-corrected chi connectivity index (χ2v) is 3.93. The monoisotopic (exact) mass is 230 g/mol. The topological polar surface area (TPSA) is 0 Å². The highest BCUT2D eigenvalue weighted by Gasteiger charge is 2.01. The van der Waals surface area contributed by atoms with Crippen LogP contribution in [0, 0.1) is 5.82 Å². The second kappa shape index (κ2) is 7.61. The van der Waals surface area contributed by atoms with Crippen molar-refractivity contribution < 1.29 is 4.39 Å². The van der Waals surface area contributed by atoms with Gasteiger partial charge in [0.25, 0.3) is 0 Å². The molecule has 0 nitrogen and oxygen atoms in total. The van der Waals surface area contributed by atoms with Crippen molar-refractivity contribution in [3.8, 4) is 0 Å². The van der Waals surface area contributed by atoms with Crippen LogP contribution in [0.3, 0.4) is 0 Å². The molecule has 0 radical (unpaired) electrons. The minimum Gasteiger partial charge on any atom is -0.207 e. The standard InChI is InChI=1S/C16H19F/c1-3-5-6-7-8-10-14-11-12-15(9-4-2)16(17)13-14/h3,5-8,11-13H,1,4,9-10H2,2H3/b6-5-,8-7-. The molecule has 0 aliphatic heterocycles. The largest absolute Gasteiger partial charge is 0.207 e. The van der Waals surface area contributed by atoms with Gasteiger partial charge in [0.1, 0.15) is 5.82 Å². The van der Waals surface area contributed by atoms with Gasteiger partial charge >= 0.3 is 0 Å². The van der Waals surface area contributed by atoms with E-state index < -0.39 is 0 Å². The highest BCUT2D eigenvalue weighted by atomic mass is 19.1. The predicted molar refractivity (Wildman–Crippen MR) is 72.6 cm³/mol. The van der Waals surface area contributed by atoms with Crippen LogP contribution in [0.2, 0.25) is 0 Å². The van der Waals surface area contributed by atoms with Crippen LogP contribution in [0.25, 0.3) is 0 Å². The second-order valence-electron chi connectivity index (χ2n) is 3.93. The molecular formula is C16H19F. The Hall–Kier alpha value is -1.63. The molecule has 0 spiro atoms. The molecule has 0 atom stereocenters. The van der Waals surface area contributed by atoms with E-state index in [0.29, 0.717) is 0 Å². The van der Waals surface area contributed by atoms with Crippen molar-refractivity contribution >= 4 is 0 Å². The van der Waals surface area contributed by atoms with Gasteiger partial charge in [0.05, 0.1) is 0 Å². The summed E-state index contributed by atoms with van der Waals surface area (Å²) in [4.78, 5) is 0. The number of hydrogen-bond donors (Lipinski definition) is 0. The number of halogens is 1. The fourth-order valence-electron chi connectivity index (χ4n) is 1.62. The minimum absolute atomic E-state index is 0.0839. The Balaban J connectivity index is 2.61. The van der Waals surface area contributed by atoms with Crippen molar-refractivity contribution in [2.24, 2.45) is 0 Å². The van der Waals surface area contributed by atoms with E-state index in [-0.39, 0.29) is 5.82 Å². The van der Waals surface area contributed by atoms with Gasteiger partial charge in [-0.05, 0) is 30.0 Å². The molecule has 0 saturated carbocycles. The van der Waals surface area contributed by atoms with E-state index in [9.17, 15) is 4.39 Å². The molecule has 1 aromatic carbocycles. The lowest BCUT2D eigenvalue weighted by molar-refractivity contribution is 0.605. The molecule has 1 heteroatoms. The minimum atomic E-state index is -0.0839. The first-order chi connectivity index (χ1) is 8.27. The molecule has 17 heavy (non-hydrogen) atoms. The van der Waals surface area contributed by atoms with Crippen molar-refractivity contribution in [2.75, 3.05) is 0 Å². The summed E-state index contributed by atoms with van der Waals surface area (Å²) >= 11 is 0. The van der Waals surface area contributed by atoms with Gasteiger partial charge in [0.2, 0.25) is 0 Å². The Morgan fingerprint density at radius 3 is 2.71 bits per heavy atom. The first-order valence-electron chi connectivity index (χ1n) is 5.99. The van der Waals surface area contributed by atoms with E-state index in [0.717, 1.165) is 30.4 Å². The number of benzene rings is 1. The SMILES string of the molecule is C=C/C=C\C=C/Cc1ccc(CCC)c(F)c1. The van der Waals surface area contributed by atoms with Crippen LogP contribution in [0.5, 0.6) is 0 Å². The van der Waals surface area contributed by atoms with Crippen molar-refractivity contribution in [3.05, 3.63) is 72.1 Å². The van der Waals surface area contributed by atoms with Crippen LogP contribution in [-0.4, -0.2) is 0 Å². The molecule has 0 aliphatic carbocycles.